The summed E-state index contributed by atoms with van der Waals surface area (Å²) >= 11 is 0. The summed E-state index contributed by atoms with van der Waals surface area (Å²) in [5.41, 5.74) is 5.09. The van der Waals surface area contributed by atoms with E-state index in [1.54, 1.807) is 24.5 Å². The van der Waals surface area contributed by atoms with Crippen molar-refractivity contribution < 1.29 is 4.79 Å². The number of pyridine rings is 1. The monoisotopic (exact) mass is 372 g/mol. The SMILES string of the molecule is CCCn1cc(-c2ccncc2/C=C/C(=O)Nc2ccc(C3CC3)cc2)cn1. The second-order valence-electron chi connectivity index (χ2n) is 7.17. The average molecular weight is 372 g/mol. The fourth-order valence-electron chi connectivity index (χ4n) is 3.26. The van der Waals surface area contributed by atoms with Gasteiger partial charge in [0.25, 0.3) is 0 Å². The predicted molar refractivity (Wildman–Crippen MR) is 112 cm³/mol. The van der Waals surface area contributed by atoms with Crippen LogP contribution in [0.5, 0.6) is 0 Å². The van der Waals surface area contributed by atoms with E-state index in [4.69, 9.17) is 0 Å². The Morgan fingerprint density at radius 2 is 2.04 bits per heavy atom. The third kappa shape index (κ3) is 4.36. The zero-order valence-electron chi connectivity index (χ0n) is 16.0. The Bertz CT molecular complexity index is 984. The Kier molecular flexibility index (Phi) is 5.33. The van der Waals surface area contributed by atoms with Crippen LogP contribution in [0.25, 0.3) is 17.2 Å². The van der Waals surface area contributed by atoms with Crippen LogP contribution in [0.1, 0.15) is 43.2 Å². The summed E-state index contributed by atoms with van der Waals surface area (Å²) in [6.07, 6.45) is 14.3. The number of nitrogens with zero attached hydrogens (tertiary/aromatic N) is 3. The van der Waals surface area contributed by atoms with Crippen molar-refractivity contribution >= 4 is 17.7 Å². The minimum atomic E-state index is -0.157. The molecule has 0 saturated heterocycles. The molecule has 5 heteroatoms. The molecule has 1 saturated carbocycles. The van der Waals surface area contributed by atoms with Gasteiger partial charge in [-0.05, 0) is 60.6 Å². The first-order valence-electron chi connectivity index (χ1n) is 9.79. The highest BCUT2D eigenvalue weighted by Crippen LogP contribution is 2.40. The summed E-state index contributed by atoms with van der Waals surface area (Å²) in [7, 11) is 0. The smallest absolute Gasteiger partial charge is 0.248 e. The molecule has 1 fully saturated rings. The van der Waals surface area contributed by atoms with Gasteiger partial charge < -0.3 is 5.32 Å². The maximum atomic E-state index is 12.3. The van der Waals surface area contributed by atoms with Crippen LogP contribution < -0.4 is 5.32 Å². The van der Waals surface area contributed by atoms with Crippen LogP contribution in [-0.2, 0) is 11.3 Å². The minimum absolute atomic E-state index is 0.157. The molecular weight excluding hydrogens is 348 g/mol. The van der Waals surface area contributed by atoms with Crippen LogP contribution in [-0.4, -0.2) is 20.7 Å². The highest BCUT2D eigenvalue weighted by atomic mass is 16.1. The molecule has 1 N–H and O–H groups in total. The highest BCUT2D eigenvalue weighted by molar-refractivity contribution is 6.02. The predicted octanol–water partition coefficient (Wildman–Crippen LogP) is 4.88. The number of nitrogens with one attached hydrogen (secondary N) is 1. The van der Waals surface area contributed by atoms with Gasteiger partial charge in [-0.3, -0.25) is 14.5 Å². The molecule has 2 aromatic heterocycles. The fraction of sp³-hybridized carbons (Fsp3) is 0.261. The van der Waals surface area contributed by atoms with Gasteiger partial charge in [0.1, 0.15) is 0 Å². The zero-order chi connectivity index (χ0) is 19.3. The van der Waals surface area contributed by atoms with E-state index >= 15 is 0 Å². The van der Waals surface area contributed by atoms with Gasteiger partial charge in [0.05, 0.1) is 6.20 Å². The molecule has 1 aliphatic rings. The lowest BCUT2D eigenvalue weighted by atomic mass is 10.0. The molecule has 0 unspecified atom stereocenters. The van der Waals surface area contributed by atoms with Crippen LogP contribution >= 0.6 is 0 Å². The Hall–Kier alpha value is -3.21. The zero-order valence-corrected chi connectivity index (χ0v) is 16.0. The molecule has 5 nitrogen and oxygen atoms in total. The molecule has 2 heterocycles. The largest absolute Gasteiger partial charge is 0.323 e. The molecule has 1 aliphatic carbocycles. The first kappa shape index (κ1) is 18.2. The van der Waals surface area contributed by atoms with Crippen LogP contribution in [0.2, 0.25) is 0 Å². The highest BCUT2D eigenvalue weighted by Gasteiger charge is 2.22. The number of carbonyl (C=O) groups is 1. The molecule has 0 aliphatic heterocycles. The lowest BCUT2D eigenvalue weighted by Gasteiger charge is -2.05. The van der Waals surface area contributed by atoms with E-state index in [1.807, 2.05) is 35.3 Å². The summed E-state index contributed by atoms with van der Waals surface area (Å²) in [6.45, 7) is 3.01. The second-order valence-corrected chi connectivity index (χ2v) is 7.17. The van der Waals surface area contributed by atoms with Crippen LogP contribution in [0, 0.1) is 0 Å². The standard InChI is InChI=1S/C23H24N4O/c1-2-13-27-16-20(15-25-27)22-11-12-24-14-19(22)7-10-23(28)26-21-8-5-18(6-9-21)17-3-4-17/h5-12,14-17H,2-4,13H2,1H3,(H,26,28)/b10-7+. The Labute approximate surface area is 165 Å². The van der Waals surface area contributed by atoms with Crippen molar-refractivity contribution in [3.63, 3.8) is 0 Å². The van der Waals surface area contributed by atoms with Gasteiger partial charge in [-0.1, -0.05) is 19.1 Å². The number of carbonyl (C=O) groups excluding carboxylic acids is 1. The fourth-order valence-corrected chi connectivity index (χ4v) is 3.26. The number of anilines is 1. The van der Waals surface area contributed by atoms with Crippen molar-refractivity contribution in [3.8, 4) is 11.1 Å². The van der Waals surface area contributed by atoms with Crippen molar-refractivity contribution in [1.82, 2.24) is 14.8 Å². The van der Waals surface area contributed by atoms with E-state index in [1.165, 1.54) is 18.4 Å². The van der Waals surface area contributed by atoms with Gasteiger partial charge in [-0.2, -0.15) is 5.10 Å². The molecule has 1 amide bonds. The van der Waals surface area contributed by atoms with Gasteiger partial charge in [0.2, 0.25) is 5.91 Å². The van der Waals surface area contributed by atoms with E-state index in [0.29, 0.717) is 0 Å². The number of aromatic nitrogens is 3. The van der Waals surface area contributed by atoms with Gasteiger partial charge in [0.15, 0.2) is 0 Å². The van der Waals surface area contributed by atoms with Gasteiger partial charge >= 0.3 is 0 Å². The summed E-state index contributed by atoms with van der Waals surface area (Å²) in [5, 5.41) is 7.31. The Morgan fingerprint density at radius 3 is 2.79 bits per heavy atom. The van der Waals surface area contributed by atoms with Gasteiger partial charge in [0, 0.05) is 48.0 Å². The molecule has 28 heavy (non-hydrogen) atoms. The van der Waals surface area contributed by atoms with E-state index in [-0.39, 0.29) is 5.91 Å². The van der Waals surface area contributed by atoms with E-state index in [0.717, 1.165) is 41.3 Å². The number of amides is 1. The van der Waals surface area contributed by atoms with Gasteiger partial charge in [-0.25, -0.2) is 0 Å². The lowest BCUT2D eigenvalue weighted by Crippen LogP contribution is -2.07. The molecule has 4 rings (SSSR count). The number of hydrogen-bond donors (Lipinski definition) is 1. The van der Waals surface area contributed by atoms with E-state index in [9.17, 15) is 4.79 Å². The molecule has 1 aromatic carbocycles. The number of benzene rings is 1. The molecule has 0 spiro atoms. The minimum Gasteiger partial charge on any atom is -0.323 e. The third-order valence-electron chi connectivity index (χ3n) is 4.89. The van der Waals surface area contributed by atoms with Crippen molar-refractivity contribution in [2.24, 2.45) is 0 Å². The van der Waals surface area contributed by atoms with Crippen molar-refractivity contribution in [3.05, 3.63) is 72.3 Å². The Balaban J connectivity index is 1.45. The Morgan fingerprint density at radius 1 is 1.21 bits per heavy atom. The third-order valence-corrected chi connectivity index (χ3v) is 4.89. The summed E-state index contributed by atoms with van der Waals surface area (Å²) in [4.78, 5) is 16.5. The maximum absolute atomic E-state index is 12.3. The quantitative estimate of drug-likeness (QED) is 0.601. The summed E-state index contributed by atoms with van der Waals surface area (Å²) < 4.78 is 1.93. The van der Waals surface area contributed by atoms with E-state index in [2.05, 4.69) is 34.5 Å². The average Bonchev–Trinajstić information content (AvgIpc) is 3.46. The molecule has 142 valence electrons. The first-order chi connectivity index (χ1) is 13.7. The normalized spacial score (nSPS) is 13.8. The van der Waals surface area contributed by atoms with Crippen molar-refractivity contribution in [2.75, 3.05) is 5.32 Å². The maximum Gasteiger partial charge on any atom is 0.248 e. The molecule has 3 aromatic rings. The molecule has 0 radical (unpaired) electrons. The number of hydrogen-bond acceptors (Lipinski definition) is 3. The second kappa shape index (κ2) is 8.21. The summed E-state index contributed by atoms with van der Waals surface area (Å²) in [5.74, 6) is 0.561. The van der Waals surface area contributed by atoms with E-state index < -0.39 is 0 Å². The van der Waals surface area contributed by atoms with Crippen molar-refractivity contribution in [1.29, 1.82) is 0 Å². The first-order valence-corrected chi connectivity index (χ1v) is 9.79. The number of aryl methyl sites for hydroxylation is 1. The van der Waals surface area contributed by atoms with Gasteiger partial charge in [-0.15, -0.1) is 0 Å². The topological polar surface area (TPSA) is 59.8 Å². The molecular formula is C23H24N4O. The van der Waals surface area contributed by atoms with Crippen molar-refractivity contribution in [2.45, 2.75) is 38.6 Å². The molecule has 0 atom stereocenters. The van der Waals surface area contributed by atoms with Crippen LogP contribution in [0.15, 0.2) is 61.2 Å². The number of rotatable bonds is 7. The van der Waals surface area contributed by atoms with Crippen LogP contribution in [0.3, 0.4) is 0 Å². The van der Waals surface area contributed by atoms with Crippen LogP contribution in [0.4, 0.5) is 5.69 Å². The summed E-state index contributed by atoms with van der Waals surface area (Å²) in [6, 6.07) is 10.1. The molecule has 0 bridgehead atoms. The lowest BCUT2D eigenvalue weighted by molar-refractivity contribution is -0.111.